The lowest BCUT2D eigenvalue weighted by Crippen LogP contribution is -2.41. The summed E-state index contributed by atoms with van der Waals surface area (Å²) in [4.78, 5) is 22.9. The summed E-state index contributed by atoms with van der Waals surface area (Å²) in [6.07, 6.45) is 3.88. The number of aromatic nitrogens is 8. The number of hydrogen-bond acceptors (Lipinski definition) is 7. The molecule has 0 aromatic carbocycles. The summed E-state index contributed by atoms with van der Waals surface area (Å²) in [5.41, 5.74) is 4.70. The average molecular weight is 464 g/mol. The predicted molar refractivity (Wildman–Crippen MR) is 117 cm³/mol. The number of aromatic amines is 1. The van der Waals surface area contributed by atoms with Crippen molar-refractivity contribution in [2.75, 3.05) is 6.54 Å². The minimum Gasteiger partial charge on any atom is -0.412 e. The summed E-state index contributed by atoms with van der Waals surface area (Å²) in [7, 11) is 1.82. The fourth-order valence-corrected chi connectivity index (χ4v) is 4.39. The molecule has 0 saturated carbocycles. The number of H-pyrrole nitrogens is 1. The third kappa shape index (κ3) is 3.04. The molecule has 0 radical (unpaired) electrons. The topological polar surface area (TPSA) is 123 Å². The van der Waals surface area contributed by atoms with Crippen LogP contribution in [0.3, 0.4) is 0 Å². The molecule has 11 nitrogen and oxygen atoms in total. The number of aryl methyl sites for hydroxylation is 1. The maximum absolute atomic E-state index is 13.5. The maximum atomic E-state index is 13.5. The van der Waals surface area contributed by atoms with Crippen LogP contribution in [0.25, 0.3) is 17.0 Å². The predicted octanol–water partition coefficient (Wildman–Crippen LogP) is 2.59. The molecular formula is C21H18ClN9O2. The standard InChI is InChI=1S/C21H18ClN9O2/c1-11-13(9-25-29(11)2)19-26-27-20(33-19)21(32)30-7-6-14-17(24-10-23-14)18(30)15-8-12-4-3-5-16(22)31(12)28-15/h3-5,8-10,18H,6-7H2,1-2H3,(H,23,24)/t18-/m0/s1. The Balaban J connectivity index is 1.41. The molecule has 1 N–H and O–H groups in total. The van der Waals surface area contributed by atoms with Gasteiger partial charge in [0.15, 0.2) is 0 Å². The molecule has 5 aromatic heterocycles. The number of imidazole rings is 1. The van der Waals surface area contributed by atoms with Gasteiger partial charge in [0.1, 0.15) is 11.2 Å². The van der Waals surface area contributed by atoms with E-state index in [1.807, 2.05) is 32.2 Å². The number of hydrogen-bond donors (Lipinski definition) is 1. The van der Waals surface area contributed by atoms with Crippen LogP contribution < -0.4 is 0 Å². The molecule has 33 heavy (non-hydrogen) atoms. The molecule has 1 aliphatic rings. The van der Waals surface area contributed by atoms with Crippen molar-refractivity contribution in [2.45, 2.75) is 19.4 Å². The van der Waals surface area contributed by atoms with Gasteiger partial charge in [-0.25, -0.2) is 9.50 Å². The van der Waals surface area contributed by atoms with Crippen LogP contribution in [0.4, 0.5) is 0 Å². The Bertz CT molecular complexity index is 1510. The van der Waals surface area contributed by atoms with Crippen molar-refractivity contribution >= 4 is 23.0 Å². The van der Waals surface area contributed by atoms with Gasteiger partial charge in [0.2, 0.25) is 0 Å². The highest BCUT2D eigenvalue weighted by Crippen LogP contribution is 2.35. The van der Waals surface area contributed by atoms with Gasteiger partial charge in [-0.2, -0.15) is 10.2 Å². The van der Waals surface area contributed by atoms with Crippen LogP contribution in [0, 0.1) is 6.92 Å². The number of nitrogens with one attached hydrogen (secondary N) is 1. The first-order valence-electron chi connectivity index (χ1n) is 10.3. The average Bonchev–Trinajstić information content (AvgIpc) is 3.60. The van der Waals surface area contributed by atoms with Crippen molar-refractivity contribution in [3.63, 3.8) is 0 Å². The molecule has 0 bridgehead atoms. The van der Waals surface area contributed by atoms with Gasteiger partial charge in [0.25, 0.3) is 5.89 Å². The van der Waals surface area contributed by atoms with Crippen LogP contribution in [0.2, 0.25) is 5.15 Å². The molecule has 1 amide bonds. The summed E-state index contributed by atoms with van der Waals surface area (Å²) in [5, 5.41) is 17.4. The fourth-order valence-electron chi connectivity index (χ4n) is 4.18. The van der Waals surface area contributed by atoms with Gasteiger partial charge in [0.05, 0.1) is 35.0 Å². The SMILES string of the molecule is Cc1c(-c2nnc(C(=O)N3CCc4[nH]cnc4[C@@H]3c3cc4cccc(Cl)n4n3)o2)cnn1C. The summed E-state index contributed by atoms with van der Waals surface area (Å²) >= 11 is 6.32. The zero-order valence-electron chi connectivity index (χ0n) is 17.7. The Hall–Kier alpha value is -3.99. The van der Waals surface area contributed by atoms with Gasteiger partial charge in [-0.15, -0.1) is 10.2 Å². The van der Waals surface area contributed by atoms with E-state index in [4.69, 9.17) is 16.0 Å². The van der Waals surface area contributed by atoms with Gasteiger partial charge in [-0.3, -0.25) is 9.48 Å². The molecule has 0 spiro atoms. The molecule has 1 aliphatic heterocycles. The van der Waals surface area contributed by atoms with Crippen molar-refractivity contribution in [1.82, 2.24) is 44.5 Å². The minimum atomic E-state index is -0.529. The van der Waals surface area contributed by atoms with Crippen LogP contribution in [-0.2, 0) is 13.5 Å². The lowest BCUT2D eigenvalue weighted by Gasteiger charge is -2.32. The second-order valence-corrected chi connectivity index (χ2v) is 8.24. The first kappa shape index (κ1) is 19.7. The molecule has 6 heterocycles. The first-order valence-corrected chi connectivity index (χ1v) is 10.7. The van der Waals surface area contributed by atoms with Crippen molar-refractivity contribution < 1.29 is 9.21 Å². The first-order chi connectivity index (χ1) is 16.0. The van der Waals surface area contributed by atoms with E-state index in [-0.39, 0.29) is 11.8 Å². The Morgan fingerprint density at radius 1 is 1.30 bits per heavy atom. The highest BCUT2D eigenvalue weighted by Gasteiger charge is 2.38. The van der Waals surface area contributed by atoms with Crippen molar-refractivity contribution in [1.29, 1.82) is 0 Å². The lowest BCUT2D eigenvalue weighted by atomic mass is 9.99. The second-order valence-electron chi connectivity index (χ2n) is 7.85. The van der Waals surface area contributed by atoms with E-state index >= 15 is 0 Å². The number of carbonyl (C=O) groups excluding carboxylic acids is 1. The Morgan fingerprint density at radius 2 is 2.18 bits per heavy atom. The molecule has 0 fully saturated rings. The van der Waals surface area contributed by atoms with E-state index < -0.39 is 11.9 Å². The minimum absolute atomic E-state index is 0.0981. The summed E-state index contributed by atoms with van der Waals surface area (Å²) in [6.45, 7) is 2.33. The highest BCUT2D eigenvalue weighted by molar-refractivity contribution is 6.29. The lowest BCUT2D eigenvalue weighted by molar-refractivity contribution is 0.0646. The number of nitrogens with zero attached hydrogens (tertiary/aromatic N) is 8. The fraction of sp³-hybridized carbons (Fsp3) is 0.238. The molecular weight excluding hydrogens is 446 g/mol. The largest absolute Gasteiger partial charge is 0.412 e. The Kier molecular flexibility index (Phi) is 4.34. The number of carbonyl (C=O) groups is 1. The van der Waals surface area contributed by atoms with E-state index in [1.165, 1.54) is 0 Å². The number of rotatable bonds is 3. The van der Waals surface area contributed by atoms with E-state index in [2.05, 4.69) is 30.4 Å². The molecule has 1 atom stereocenters. The van der Waals surface area contributed by atoms with E-state index in [1.54, 1.807) is 32.7 Å². The van der Waals surface area contributed by atoms with Crippen LogP contribution in [0.5, 0.6) is 0 Å². The smallest absolute Gasteiger partial charge is 0.312 e. The number of amides is 1. The number of fused-ring (bicyclic) bond motifs is 2. The molecule has 5 aromatic rings. The Morgan fingerprint density at radius 3 is 2.97 bits per heavy atom. The third-order valence-corrected chi connectivity index (χ3v) is 6.28. The summed E-state index contributed by atoms with van der Waals surface area (Å²) in [5.74, 6) is -0.242. The van der Waals surface area contributed by atoms with Gasteiger partial charge < -0.3 is 14.3 Å². The number of pyridine rings is 1. The Labute approximate surface area is 192 Å². The molecule has 0 saturated heterocycles. The zero-order valence-corrected chi connectivity index (χ0v) is 18.5. The quantitative estimate of drug-likeness (QED) is 0.408. The van der Waals surface area contributed by atoms with Crippen LogP contribution in [0.1, 0.15) is 39.5 Å². The van der Waals surface area contributed by atoms with Crippen LogP contribution in [-0.4, -0.2) is 56.9 Å². The maximum Gasteiger partial charge on any atom is 0.312 e. The number of halogens is 1. The van der Waals surface area contributed by atoms with E-state index in [9.17, 15) is 4.79 Å². The van der Waals surface area contributed by atoms with Crippen molar-refractivity contribution in [3.8, 4) is 11.5 Å². The molecule has 0 unspecified atom stereocenters. The van der Waals surface area contributed by atoms with Crippen LogP contribution in [0.15, 0.2) is 41.2 Å². The summed E-state index contributed by atoms with van der Waals surface area (Å²) in [6, 6.07) is 6.89. The second kappa shape index (κ2) is 7.27. The van der Waals surface area contributed by atoms with E-state index in [0.717, 1.165) is 22.6 Å². The van der Waals surface area contributed by atoms with E-state index in [0.29, 0.717) is 29.4 Å². The molecule has 166 valence electrons. The van der Waals surface area contributed by atoms with Gasteiger partial charge >= 0.3 is 11.8 Å². The van der Waals surface area contributed by atoms with Gasteiger partial charge in [-0.05, 0) is 25.1 Å². The monoisotopic (exact) mass is 463 g/mol. The molecule has 12 heteroatoms. The molecule has 6 rings (SSSR count). The van der Waals surface area contributed by atoms with Crippen LogP contribution >= 0.6 is 11.6 Å². The zero-order chi connectivity index (χ0) is 22.7. The summed E-state index contributed by atoms with van der Waals surface area (Å²) < 4.78 is 9.11. The van der Waals surface area contributed by atoms with Gasteiger partial charge in [-0.1, -0.05) is 17.7 Å². The van der Waals surface area contributed by atoms with Gasteiger partial charge in [0, 0.05) is 31.4 Å². The third-order valence-electron chi connectivity index (χ3n) is 6.00. The van der Waals surface area contributed by atoms with Crippen molar-refractivity contribution in [3.05, 3.63) is 70.6 Å². The highest BCUT2D eigenvalue weighted by atomic mass is 35.5. The normalized spacial score (nSPS) is 15.8. The van der Waals surface area contributed by atoms with Crippen molar-refractivity contribution in [2.24, 2.45) is 7.05 Å². The molecule has 0 aliphatic carbocycles.